The average Bonchev–Trinajstić information content (AvgIpc) is 2.29. The molecule has 1 fully saturated rings. The summed E-state index contributed by atoms with van der Waals surface area (Å²) in [4.78, 5) is 2.20. The Morgan fingerprint density at radius 1 is 1.67 bits per heavy atom. The van der Waals surface area contributed by atoms with Crippen LogP contribution in [0.25, 0.3) is 0 Å². The third-order valence-corrected chi connectivity index (χ3v) is 2.14. The van der Waals surface area contributed by atoms with Gasteiger partial charge in [0.2, 0.25) is 0 Å². The van der Waals surface area contributed by atoms with Crippen molar-refractivity contribution in [2.24, 2.45) is 0 Å². The SMILES string of the molecule is CCC1OC(C)CN1CC(C)O. The standard InChI is InChI=1S/C9H19NO2/c1-4-9-10(5-7(2)11)6-8(3)12-9/h7-9,11H,4-6H2,1-3H3. The molecule has 12 heavy (non-hydrogen) atoms. The molecule has 3 atom stereocenters. The quantitative estimate of drug-likeness (QED) is 0.686. The number of rotatable bonds is 3. The van der Waals surface area contributed by atoms with Gasteiger partial charge >= 0.3 is 0 Å². The molecule has 3 unspecified atom stereocenters. The number of aliphatic hydroxyl groups is 1. The first-order chi connectivity index (χ1) is 5.63. The average molecular weight is 173 g/mol. The highest BCUT2D eigenvalue weighted by molar-refractivity contribution is 4.75. The molecular formula is C9H19NO2. The minimum absolute atomic E-state index is 0.217. The third-order valence-electron chi connectivity index (χ3n) is 2.14. The summed E-state index contributed by atoms with van der Waals surface area (Å²) in [6.07, 6.45) is 1.27. The lowest BCUT2D eigenvalue weighted by atomic mass is 10.3. The van der Waals surface area contributed by atoms with E-state index in [1.807, 2.05) is 6.92 Å². The number of hydrogen-bond acceptors (Lipinski definition) is 3. The zero-order valence-electron chi connectivity index (χ0n) is 8.16. The highest BCUT2D eigenvalue weighted by atomic mass is 16.5. The molecule has 1 aliphatic heterocycles. The molecule has 1 aliphatic rings. The lowest BCUT2D eigenvalue weighted by Gasteiger charge is -2.22. The summed E-state index contributed by atoms with van der Waals surface area (Å²) in [7, 11) is 0. The molecule has 0 aromatic heterocycles. The Kier molecular flexibility index (Phi) is 3.50. The van der Waals surface area contributed by atoms with E-state index < -0.39 is 0 Å². The van der Waals surface area contributed by atoms with Gasteiger partial charge in [-0.05, 0) is 20.3 Å². The molecular weight excluding hydrogens is 154 g/mol. The van der Waals surface area contributed by atoms with E-state index in [1.54, 1.807) is 0 Å². The van der Waals surface area contributed by atoms with Crippen LogP contribution in [-0.2, 0) is 4.74 Å². The van der Waals surface area contributed by atoms with E-state index in [4.69, 9.17) is 4.74 Å². The van der Waals surface area contributed by atoms with Gasteiger partial charge in [-0.2, -0.15) is 0 Å². The first-order valence-corrected chi connectivity index (χ1v) is 4.71. The fourth-order valence-electron chi connectivity index (χ4n) is 1.73. The molecule has 0 aromatic rings. The summed E-state index contributed by atoms with van der Waals surface area (Å²) in [5, 5.41) is 9.22. The predicted octanol–water partition coefficient (Wildman–Crippen LogP) is 0.824. The van der Waals surface area contributed by atoms with Gasteiger partial charge in [-0.15, -0.1) is 0 Å². The van der Waals surface area contributed by atoms with Crippen LogP contribution in [-0.4, -0.2) is 41.5 Å². The summed E-state index contributed by atoms with van der Waals surface area (Å²) in [5.74, 6) is 0. The van der Waals surface area contributed by atoms with Crippen molar-refractivity contribution in [3.8, 4) is 0 Å². The second-order valence-electron chi connectivity index (χ2n) is 3.61. The van der Waals surface area contributed by atoms with Crippen LogP contribution in [0, 0.1) is 0 Å². The van der Waals surface area contributed by atoms with E-state index in [1.165, 1.54) is 0 Å². The molecule has 1 saturated heterocycles. The summed E-state index contributed by atoms with van der Waals surface area (Å²) < 4.78 is 5.64. The Balaban J connectivity index is 2.40. The Hall–Kier alpha value is -0.120. The Morgan fingerprint density at radius 2 is 2.33 bits per heavy atom. The molecule has 0 aliphatic carbocycles. The predicted molar refractivity (Wildman–Crippen MR) is 47.9 cm³/mol. The zero-order chi connectivity index (χ0) is 9.14. The molecule has 0 saturated carbocycles. The van der Waals surface area contributed by atoms with Crippen LogP contribution in [0.2, 0.25) is 0 Å². The molecule has 1 N–H and O–H groups in total. The van der Waals surface area contributed by atoms with Gasteiger partial charge in [0.05, 0.1) is 12.2 Å². The van der Waals surface area contributed by atoms with E-state index in [-0.39, 0.29) is 12.3 Å². The maximum Gasteiger partial charge on any atom is 0.110 e. The van der Waals surface area contributed by atoms with Gasteiger partial charge in [0.25, 0.3) is 0 Å². The van der Waals surface area contributed by atoms with Gasteiger partial charge in [-0.1, -0.05) is 6.92 Å². The van der Waals surface area contributed by atoms with Crippen LogP contribution in [0.5, 0.6) is 0 Å². The van der Waals surface area contributed by atoms with Crippen molar-refractivity contribution >= 4 is 0 Å². The van der Waals surface area contributed by atoms with Crippen molar-refractivity contribution in [2.75, 3.05) is 13.1 Å². The van der Waals surface area contributed by atoms with Gasteiger partial charge in [-0.25, -0.2) is 0 Å². The molecule has 0 bridgehead atoms. The molecule has 0 aromatic carbocycles. The number of β-amino-alcohol motifs (C(OH)–C–C–N with tert-alkyl or cyclic N) is 1. The highest BCUT2D eigenvalue weighted by Crippen LogP contribution is 2.18. The maximum absolute atomic E-state index is 9.22. The summed E-state index contributed by atoms with van der Waals surface area (Å²) in [6.45, 7) is 7.67. The Bertz CT molecular complexity index is 138. The van der Waals surface area contributed by atoms with Crippen molar-refractivity contribution in [2.45, 2.75) is 45.6 Å². The van der Waals surface area contributed by atoms with E-state index in [0.29, 0.717) is 6.10 Å². The molecule has 0 amide bonds. The fraction of sp³-hybridized carbons (Fsp3) is 1.00. The van der Waals surface area contributed by atoms with E-state index in [9.17, 15) is 5.11 Å². The van der Waals surface area contributed by atoms with E-state index in [2.05, 4.69) is 18.7 Å². The number of hydrogen-bond donors (Lipinski definition) is 1. The number of ether oxygens (including phenoxy) is 1. The summed E-state index contributed by atoms with van der Waals surface area (Å²) in [5.41, 5.74) is 0. The topological polar surface area (TPSA) is 32.7 Å². The van der Waals surface area contributed by atoms with Crippen LogP contribution < -0.4 is 0 Å². The third kappa shape index (κ3) is 2.44. The molecule has 3 nitrogen and oxygen atoms in total. The normalized spacial score (nSPS) is 34.0. The van der Waals surface area contributed by atoms with Crippen LogP contribution in [0.4, 0.5) is 0 Å². The fourth-order valence-corrected chi connectivity index (χ4v) is 1.73. The maximum atomic E-state index is 9.22. The van der Waals surface area contributed by atoms with E-state index in [0.717, 1.165) is 19.5 Å². The smallest absolute Gasteiger partial charge is 0.110 e. The summed E-state index contributed by atoms with van der Waals surface area (Å²) in [6, 6.07) is 0. The van der Waals surface area contributed by atoms with Crippen molar-refractivity contribution in [1.29, 1.82) is 0 Å². The van der Waals surface area contributed by atoms with Gasteiger partial charge in [0.15, 0.2) is 0 Å². The molecule has 72 valence electrons. The minimum atomic E-state index is -0.257. The first-order valence-electron chi connectivity index (χ1n) is 4.71. The molecule has 1 rings (SSSR count). The molecule has 0 radical (unpaired) electrons. The Labute approximate surface area is 74.3 Å². The van der Waals surface area contributed by atoms with Crippen LogP contribution in [0.15, 0.2) is 0 Å². The monoisotopic (exact) mass is 173 g/mol. The molecule has 3 heteroatoms. The molecule has 1 heterocycles. The second-order valence-corrected chi connectivity index (χ2v) is 3.61. The number of aliphatic hydroxyl groups excluding tert-OH is 1. The summed E-state index contributed by atoms with van der Waals surface area (Å²) >= 11 is 0. The lowest BCUT2D eigenvalue weighted by molar-refractivity contribution is -0.00853. The van der Waals surface area contributed by atoms with E-state index >= 15 is 0 Å². The van der Waals surface area contributed by atoms with Gasteiger partial charge in [0, 0.05) is 13.1 Å². The second kappa shape index (κ2) is 4.21. The largest absolute Gasteiger partial charge is 0.392 e. The van der Waals surface area contributed by atoms with Crippen LogP contribution in [0.3, 0.4) is 0 Å². The number of nitrogens with zero attached hydrogens (tertiary/aromatic N) is 1. The van der Waals surface area contributed by atoms with Gasteiger partial charge < -0.3 is 9.84 Å². The van der Waals surface area contributed by atoms with Gasteiger partial charge in [-0.3, -0.25) is 4.90 Å². The highest BCUT2D eigenvalue weighted by Gasteiger charge is 2.29. The van der Waals surface area contributed by atoms with Crippen LogP contribution >= 0.6 is 0 Å². The van der Waals surface area contributed by atoms with Crippen molar-refractivity contribution in [1.82, 2.24) is 4.90 Å². The first kappa shape index (κ1) is 9.96. The minimum Gasteiger partial charge on any atom is -0.392 e. The zero-order valence-corrected chi connectivity index (χ0v) is 8.16. The molecule has 0 spiro atoms. The van der Waals surface area contributed by atoms with Crippen molar-refractivity contribution < 1.29 is 9.84 Å². The Morgan fingerprint density at radius 3 is 2.83 bits per heavy atom. The van der Waals surface area contributed by atoms with Crippen molar-refractivity contribution in [3.63, 3.8) is 0 Å². The van der Waals surface area contributed by atoms with Gasteiger partial charge in [0.1, 0.15) is 6.23 Å². The lowest BCUT2D eigenvalue weighted by Crippen LogP contribution is -2.35. The van der Waals surface area contributed by atoms with Crippen LogP contribution in [0.1, 0.15) is 27.2 Å². The van der Waals surface area contributed by atoms with Crippen molar-refractivity contribution in [3.05, 3.63) is 0 Å².